The highest BCUT2D eigenvalue weighted by Crippen LogP contribution is 2.17. The first kappa shape index (κ1) is 11.7. The van der Waals surface area contributed by atoms with Gasteiger partial charge in [0.1, 0.15) is 12.1 Å². The molecule has 0 unspecified atom stereocenters. The number of rotatable bonds is 5. The molecule has 0 saturated carbocycles. The van der Waals surface area contributed by atoms with Crippen molar-refractivity contribution in [2.45, 2.75) is 13.5 Å². The van der Waals surface area contributed by atoms with E-state index in [0.29, 0.717) is 17.9 Å². The van der Waals surface area contributed by atoms with E-state index >= 15 is 0 Å². The summed E-state index contributed by atoms with van der Waals surface area (Å²) in [7, 11) is 0. The maximum atomic E-state index is 5.54. The zero-order valence-electron chi connectivity index (χ0n) is 9.51. The molecule has 0 amide bonds. The summed E-state index contributed by atoms with van der Waals surface area (Å²) in [5.41, 5.74) is 4.23. The molecule has 0 aliphatic carbocycles. The van der Waals surface area contributed by atoms with E-state index in [-0.39, 0.29) is 0 Å². The van der Waals surface area contributed by atoms with Gasteiger partial charge in [-0.3, -0.25) is 5.10 Å². The molecule has 1 heterocycles. The quantitative estimate of drug-likeness (QED) is 0.798. The molecule has 5 nitrogen and oxygen atoms in total. The minimum absolute atomic E-state index is 0.541. The van der Waals surface area contributed by atoms with E-state index in [1.807, 2.05) is 31.2 Å². The molecular formula is C11H14N4OS. The van der Waals surface area contributed by atoms with Gasteiger partial charge in [-0.1, -0.05) is 18.2 Å². The zero-order chi connectivity index (χ0) is 12.1. The lowest BCUT2D eigenvalue weighted by Gasteiger charge is -2.11. The Morgan fingerprint density at radius 1 is 1.47 bits per heavy atom. The zero-order valence-corrected chi connectivity index (χ0v) is 10.3. The number of hydrogen-bond donors (Lipinski definition) is 2. The fraction of sp³-hybridized carbons (Fsp3) is 0.273. The van der Waals surface area contributed by atoms with Crippen LogP contribution in [-0.4, -0.2) is 21.5 Å². The van der Waals surface area contributed by atoms with Crippen LogP contribution in [0.2, 0.25) is 0 Å². The van der Waals surface area contributed by atoms with Crippen LogP contribution in [0, 0.1) is 4.77 Å². The molecule has 90 valence electrons. The molecule has 0 aliphatic heterocycles. The summed E-state index contributed by atoms with van der Waals surface area (Å²) in [5, 5.41) is 6.51. The van der Waals surface area contributed by atoms with Gasteiger partial charge in [-0.05, 0) is 25.2 Å². The third-order valence-electron chi connectivity index (χ3n) is 2.26. The molecular weight excluding hydrogens is 236 g/mol. The van der Waals surface area contributed by atoms with Crippen LogP contribution in [0.1, 0.15) is 12.5 Å². The van der Waals surface area contributed by atoms with Crippen LogP contribution in [0.15, 0.2) is 30.6 Å². The largest absolute Gasteiger partial charge is 0.494 e. The Morgan fingerprint density at radius 2 is 2.29 bits per heavy atom. The number of aromatic nitrogens is 3. The fourth-order valence-electron chi connectivity index (χ4n) is 1.48. The summed E-state index contributed by atoms with van der Waals surface area (Å²) in [4.78, 5) is 0. The Hall–Kier alpha value is -1.82. The third-order valence-corrected chi connectivity index (χ3v) is 2.55. The molecule has 0 saturated heterocycles. The number of nitrogens with one attached hydrogen (secondary N) is 2. The van der Waals surface area contributed by atoms with Crippen molar-refractivity contribution in [2.24, 2.45) is 0 Å². The van der Waals surface area contributed by atoms with E-state index < -0.39 is 0 Å². The average molecular weight is 250 g/mol. The van der Waals surface area contributed by atoms with E-state index in [1.165, 1.54) is 0 Å². The van der Waals surface area contributed by atoms with Gasteiger partial charge in [0.05, 0.1) is 13.2 Å². The lowest BCUT2D eigenvalue weighted by atomic mass is 10.2. The van der Waals surface area contributed by atoms with Crippen molar-refractivity contribution in [3.05, 3.63) is 40.9 Å². The van der Waals surface area contributed by atoms with Crippen LogP contribution in [-0.2, 0) is 6.54 Å². The van der Waals surface area contributed by atoms with Gasteiger partial charge in [0.25, 0.3) is 0 Å². The monoisotopic (exact) mass is 250 g/mol. The second kappa shape index (κ2) is 5.49. The molecule has 6 heteroatoms. The summed E-state index contributed by atoms with van der Waals surface area (Å²) in [6, 6.07) is 7.91. The van der Waals surface area contributed by atoms with Gasteiger partial charge in [0.15, 0.2) is 0 Å². The molecule has 1 aromatic heterocycles. The molecule has 0 fully saturated rings. The highest BCUT2D eigenvalue weighted by atomic mass is 32.1. The second-order valence-electron chi connectivity index (χ2n) is 3.41. The van der Waals surface area contributed by atoms with E-state index in [9.17, 15) is 0 Å². The molecule has 0 aliphatic rings. The highest BCUT2D eigenvalue weighted by Gasteiger charge is 2.02. The predicted octanol–water partition coefficient (Wildman–Crippen LogP) is 2.08. The van der Waals surface area contributed by atoms with Gasteiger partial charge in [-0.2, -0.15) is 5.10 Å². The molecule has 0 spiro atoms. The van der Waals surface area contributed by atoms with Gasteiger partial charge < -0.3 is 10.2 Å². The molecule has 1 aromatic carbocycles. The number of ether oxygens (including phenoxy) is 1. The number of para-hydroxylation sites is 1. The van der Waals surface area contributed by atoms with Crippen LogP contribution < -0.4 is 10.2 Å². The van der Waals surface area contributed by atoms with Gasteiger partial charge in [0, 0.05) is 5.56 Å². The molecule has 0 radical (unpaired) electrons. The summed E-state index contributed by atoms with van der Waals surface area (Å²) in [6.07, 6.45) is 1.60. The predicted molar refractivity (Wildman–Crippen MR) is 68.1 cm³/mol. The fourth-order valence-corrected chi connectivity index (χ4v) is 1.64. The van der Waals surface area contributed by atoms with Crippen molar-refractivity contribution in [2.75, 3.05) is 12.0 Å². The Morgan fingerprint density at radius 3 is 3.00 bits per heavy atom. The normalized spacial score (nSPS) is 10.2. The minimum Gasteiger partial charge on any atom is -0.494 e. The lowest BCUT2D eigenvalue weighted by molar-refractivity contribution is 0.336. The third kappa shape index (κ3) is 2.85. The minimum atomic E-state index is 0.541. The topological polar surface area (TPSA) is 54.9 Å². The van der Waals surface area contributed by atoms with E-state index in [4.69, 9.17) is 17.0 Å². The Balaban J connectivity index is 2.08. The summed E-state index contributed by atoms with van der Waals surface area (Å²) in [5.74, 6) is 0.887. The molecule has 0 atom stereocenters. The summed E-state index contributed by atoms with van der Waals surface area (Å²) >= 11 is 5.04. The molecule has 2 N–H and O–H groups in total. The van der Waals surface area contributed by atoms with Crippen molar-refractivity contribution < 1.29 is 4.74 Å². The van der Waals surface area contributed by atoms with Gasteiger partial charge in [0.2, 0.25) is 4.77 Å². The maximum absolute atomic E-state index is 5.54. The molecule has 17 heavy (non-hydrogen) atoms. The van der Waals surface area contributed by atoms with Crippen LogP contribution in [0.25, 0.3) is 0 Å². The first-order valence-electron chi connectivity index (χ1n) is 5.38. The van der Waals surface area contributed by atoms with Crippen LogP contribution in [0.5, 0.6) is 5.75 Å². The molecule has 2 rings (SSSR count). The highest BCUT2D eigenvalue weighted by molar-refractivity contribution is 7.71. The second-order valence-corrected chi connectivity index (χ2v) is 3.79. The number of aromatic amines is 1. The van der Waals surface area contributed by atoms with E-state index in [2.05, 4.69) is 15.6 Å². The van der Waals surface area contributed by atoms with E-state index in [0.717, 1.165) is 11.3 Å². The van der Waals surface area contributed by atoms with Crippen LogP contribution in [0.4, 0.5) is 0 Å². The summed E-state index contributed by atoms with van der Waals surface area (Å²) in [6.45, 7) is 3.25. The number of H-pyrrole nitrogens is 1. The van der Waals surface area contributed by atoms with Crippen molar-refractivity contribution in [3.8, 4) is 5.75 Å². The SMILES string of the molecule is CCOc1ccccc1CNn1cn[nH]c1=S. The van der Waals surface area contributed by atoms with Gasteiger partial charge in [-0.25, -0.2) is 4.68 Å². The first-order valence-corrected chi connectivity index (χ1v) is 5.78. The van der Waals surface area contributed by atoms with Crippen LogP contribution in [0.3, 0.4) is 0 Å². The first-order chi connectivity index (χ1) is 8.31. The average Bonchev–Trinajstić information content (AvgIpc) is 2.74. The number of nitrogens with zero attached hydrogens (tertiary/aromatic N) is 2. The molecule has 0 bridgehead atoms. The van der Waals surface area contributed by atoms with Crippen molar-refractivity contribution in [1.29, 1.82) is 0 Å². The number of hydrogen-bond acceptors (Lipinski definition) is 4. The Labute approximate surface area is 104 Å². The van der Waals surface area contributed by atoms with Crippen molar-refractivity contribution in [1.82, 2.24) is 14.9 Å². The maximum Gasteiger partial charge on any atom is 0.214 e. The van der Waals surface area contributed by atoms with Crippen molar-refractivity contribution >= 4 is 12.2 Å². The van der Waals surface area contributed by atoms with Gasteiger partial charge in [-0.15, -0.1) is 0 Å². The standard InChI is InChI=1S/C11H14N4OS/c1-2-16-10-6-4-3-5-9(10)7-13-15-8-12-14-11(15)17/h3-6,8,13H,2,7H2,1H3,(H,14,17). The number of benzene rings is 1. The van der Waals surface area contributed by atoms with E-state index in [1.54, 1.807) is 11.0 Å². The van der Waals surface area contributed by atoms with Crippen molar-refractivity contribution in [3.63, 3.8) is 0 Å². The smallest absolute Gasteiger partial charge is 0.214 e. The Bertz CT molecular complexity index is 534. The van der Waals surface area contributed by atoms with Gasteiger partial charge >= 0.3 is 0 Å². The molecule has 2 aromatic rings. The summed E-state index contributed by atoms with van der Waals surface area (Å²) < 4.78 is 7.74. The van der Waals surface area contributed by atoms with Crippen LogP contribution >= 0.6 is 12.2 Å². The Kier molecular flexibility index (Phi) is 3.77. The lowest BCUT2D eigenvalue weighted by Crippen LogP contribution is -2.14.